The Balaban J connectivity index is 1.58. The Bertz CT molecular complexity index is 1190. The zero-order valence-corrected chi connectivity index (χ0v) is 28.1. The van der Waals surface area contributed by atoms with E-state index >= 15 is 0 Å². The molecule has 3 heterocycles. The number of amides is 3. The van der Waals surface area contributed by atoms with Crippen LogP contribution in [0.25, 0.3) is 0 Å². The molecule has 2 fully saturated rings. The molecule has 0 unspecified atom stereocenters. The highest BCUT2D eigenvalue weighted by Gasteiger charge is 2.48. The van der Waals surface area contributed by atoms with Crippen molar-refractivity contribution in [1.82, 2.24) is 19.6 Å². The van der Waals surface area contributed by atoms with Gasteiger partial charge in [0, 0.05) is 58.3 Å². The SMILES string of the molecule is CCCCN(CCCC[N+](C)(C)C)C(=O)CN1C[C@H](c2cc(OC)c3c(c2)OCO3)[C@@H](C(=O)O)[C@@H]1CCN1CCCN(C)C1=O. The Labute approximate surface area is 268 Å². The fourth-order valence-corrected chi connectivity index (χ4v) is 6.85. The van der Waals surface area contributed by atoms with E-state index in [1.54, 1.807) is 24.0 Å². The largest absolute Gasteiger partial charge is 0.493 e. The highest BCUT2D eigenvalue weighted by Crippen LogP contribution is 2.47. The molecule has 3 atom stereocenters. The van der Waals surface area contributed by atoms with E-state index in [-0.39, 0.29) is 25.3 Å². The second-order valence-corrected chi connectivity index (χ2v) is 13.7. The predicted octanol–water partition coefficient (Wildman–Crippen LogP) is 3.16. The highest BCUT2D eigenvalue weighted by atomic mass is 16.7. The molecule has 0 aliphatic carbocycles. The van der Waals surface area contributed by atoms with Crippen LogP contribution < -0.4 is 14.2 Å². The van der Waals surface area contributed by atoms with Crippen LogP contribution in [0.5, 0.6) is 17.2 Å². The number of quaternary nitrogens is 1. The van der Waals surface area contributed by atoms with Crippen LogP contribution in [0, 0.1) is 5.92 Å². The van der Waals surface area contributed by atoms with Crippen molar-refractivity contribution in [3.05, 3.63) is 17.7 Å². The number of likely N-dealkylation sites (tertiary alicyclic amines) is 1. The van der Waals surface area contributed by atoms with Gasteiger partial charge in [0.1, 0.15) is 0 Å². The number of ether oxygens (including phenoxy) is 3. The number of aliphatic carboxylic acids is 1. The minimum atomic E-state index is -0.915. The zero-order valence-electron chi connectivity index (χ0n) is 28.1. The number of hydrogen-bond acceptors (Lipinski definition) is 7. The van der Waals surface area contributed by atoms with Crippen LogP contribution in [-0.2, 0) is 9.59 Å². The van der Waals surface area contributed by atoms with Crippen LogP contribution in [0.2, 0.25) is 0 Å². The average Bonchev–Trinajstić information content (AvgIpc) is 3.61. The van der Waals surface area contributed by atoms with E-state index in [1.807, 2.05) is 21.9 Å². The fraction of sp³-hybridized carbons (Fsp3) is 0.727. The van der Waals surface area contributed by atoms with Gasteiger partial charge in [0.25, 0.3) is 0 Å². The lowest BCUT2D eigenvalue weighted by Crippen LogP contribution is -2.50. The summed E-state index contributed by atoms with van der Waals surface area (Å²) >= 11 is 0. The highest BCUT2D eigenvalue weighted by molar-refractivity contribution is 5.79. The summed E-state index contributed by atoms with van der Waals surface area (Å²) in [7, 11) is 9.87. The standard InChI is InChI=1S/C33H53N5O7/c1-7-8-14-35(15-9-10-18-38(3,4)5)29(39)22-37-21-25(24-19-27(43-6)31-28(20-24)44-23-45-31)30(32(40)41)26(37)12-17-36-16-11-13-34(2)33(36)42/h19-20,25-26,30H,7-18,21-23H2,1-6H3/p+1/t25-,26+,30-/m1/s1. The maximum Gasteiger partial charge on any atom is 0.319 e. The topological polar surface area (TPSA) is 112 Å². The first-order chi connectivity index (χ1) is 21.4. The fourth-order valence-electron chi connectivity index (χ4n) is 6.85. The number of rotatable bonds is 16. The van der Waals surface area contributed by atoms with Crippen LogP contribution >= 0.6 is 0 Å². The number of benzene rings is 1. The maximum atomic E-state index is 13.9. The molecule has 0 radical (unpaired) electrons. The molecule has 252 valence electrons. The van der Waals surface area contributed by atoms with Crippen LogP contribution in [0.4, 0.5) is 4.79 Å². The van der Waals surface area contributed by atoms with Crippen molar-refractivity contribution < 1.29 is 38.2 Å². The molecule has 2 saturated heterocycles. The number of carboxylic acids is 1. The van der Waals surface area contributed by atoms with Crippen LogP contribution in [0.1, 0.15) is 56.9 Å². The Morgan fingerprint density at radius 3 is 2.56 bits per heavy atom. The Hall–Kier alpha value is -3.25. The van der Waals surface area contributed by atoms with E-state index in [0.717, 1.165) is 48.7 Å². The summed E-state index contributed by atoms with van der Waals surface area (Å²) < 4.78 is 17.7. The minimum Gasteiger partial charge on any atom is -0.493 e. The minimum absolute atomic E-state index is 0.0283. The van der Waals surface area contributed by atoms with Crippen molar-refractivity contribution in [3.63, 3.8) is 0 Å². The Morgan fingerprint density at radius 1 is 1.11 bits per heavy atom. The average molecular weight is 633 g/mol. The summed E-state index contributed by atoms with van der Waals surface area (Å²) in [6.07, 6.45) is 5.20. The molecule has 3 aliphatic heterocycles. The second kappa shape index (κ2) is 15.4. The molecule has 45 heavy (non-hydrogen) atoms. The third-order valence-electron chi connectivity index (χ3n) is 9.34. The number of carboxylic acid groups (broad SMARTS) is 1. The number of unbranched alkanes of at least 4 members (excludes halogenated alkanes) is 2. The molecule has 0 spiro atoms. The van der Waals surface area contributed by atoms with Crippen molar-refractivity contribution in [2.45, 2.75) is 57.4 Å². The van der Waals surface area contributed by atoms with Gasteiger partial charge >= 0.3 is 12.0 Å². The van der Waals surface area contributed by atoms with Crippen molar-refractivity contribution >= 4 is 17.9 Å². The Kier molecular flexibility index (Phi) is 11.8. The summed E-state index contributed by atoms with van der Waals surface area (Å²) in [5.41, 5.74) is 0.778. The summed E-state index contributed by atoms with van der Waals surface area (Å²) in [5, 5.41) is 10.7. The predicted molar refractivity (Wildman–Crippen MR) is 171 cm³/mol. The van der Waals surface area contributed by atoms with E-state index in [2.05, 4.69) is 28.1 Å². The molecule has 0 saturated carbocycles. The molecule has 3 amide bonds. The zero-order chi connectivity index (χ0) is 32.7. The quantitative estimate of drug-likeness (QED) is 0.219. The number of carbonyl (C=O) groups excluding carboxylic acids is 2. The maximum absolute atomic E-state index is 13.9. The van der Waals surface area contributed by atoms with E-state index in [4.69, 9.17) is 14.2 Å². The monoisotopic (exact) mass is 632 g/mol. The van der Waals surface area contributed by atoms with Crippen molar-refractivity contribution in [1.29, 1.82) is 0 Å². The van der Waals surface area contributed by atoms with Crippen molar-refractivity contribution in [3.8, 4) is 17.2 Å². The van der Waals surface area contributed by atoms with E-state index in [9.17, 15) is 19.5 Å². The lowest BCUT2D eigenvalue weighted by molar-refractivity contribution is -0.870. The van der Waals surface area contributed by atoms with Gasteiger partial charge in [-0.3, -0.25) is 14.5 Å². The summed E-state index contributed by atoms with van der Waals surface area (Å²) in [5.74, 6) is -0.536. The summed E-state index contributed by atoms with van der Waals surface area (Å²) in [6, 6.07) is 3.21. The third-order valence-corrected chi connectivity index (χ3v) is 9.34. The van der Waals surface area contributed by atoms with Gasteiger partial charge in [-0.25, -0.2) is 4.79 Å². The van der Waals surface area contributed by atoms with E-state index in [1.165, 1.54) is 0 Å². The first-order valence-corrected chi connectivity index (χ1v) is 16.5. The van der Waals surface area contributed by atoms with Crippen molar-refractivity contribution in [2.24, 2.45) is 5.92 Å². The molecular formula is C33H54N5O7+. The van der Waals surface area contributed by atoms with Gasteiger partial charge in [-0.15, -0.1) is 0 Å². The number of fused-ring (bicyclic) bond motifs is 1. The number of carbonyl (C=O) groups is 3. The van der Waals surface area contributed by atoms with E-state index < -0.39 is 23.8 Å². The molecule has 12 nitrogen and oxygen atoms in total. The van der Waals surface area contributed by atoms with E-state index in [0.29, 0.717) is 62.9 Å². The molecule has 4 rings (SSSR count). The summed E-state index contributed by atoms with van der Waals surface area (Å²) in [4.78, 5) is 47.3. The first-order valence-electron chi connectivity index (χ1n) is 16.5. The lowest BCUT2D eigenvalue weighted by atomic mass is 9.84. The van der Waals surface area contributed by atoms with Gasteiger partial charge in [-0.2, -0.15) is 0 Å². The first kappa shape index (κ1) is 34.6. The van der Waals surface area contributed by atoms with Gasteiger partial charge in [-0.05, 0) is 49.8 Å². The van der Waals surface area contributed by atoms with Gasteiger partial charge in [0.15, 0.2) is 11.5 Å². The van der Waals surface area contributed by atoms with Gasteiger partial charge in [0.2, 0.25) is 18.4 Å². The Morgan fingerprint density at radius 2 is 1.87 bits per heavy atom. The van der Waals surface area contributed by atoms with Gasteiger partial charge in [-0.1, -0.05) is 13.3 Å². The lowest BCUT2D eigenvalue weighted by Gasteiger charge is -2.35. The van der Waals surface area contributed by atoms with Crippen LogP contribution in [0.15, 0.2) is 12.1 Å². The normalized spacial score (nSPS) is 21.8. The van der Waals surface area contributed by atoms with Gasteiger partial charge in [0.05, 0.1) is 47.3 Å². The number of hydrogen-bond donors (Lipinski definition) is 1. The smallest absolute Gasteiger partial charge is 0.319 e. The molecule has 1 N–H and O–H groups in total. The molecule has 1 aromatic rings. The molecule has 1 aromatic carbocycles. The van der Waals surface area contributed by atoms with Crippen LogP contribution in [0.3, 0.4) is 0 Å². The number of nitrogens with zero attached hydrogens (tertiary/aromatic N) is 5. The second-order valence-electron chi connectivity index (χ2n) is 13.7. The third kappa shape index (κ3) is 8.72. The molecule has 0 bridgehead atoms. The van der Waals surface area contributed by atoms with Crippen molar-refractivity contribution in [2.75, 3.05) is 94.5 Å². The summed E-state index contributed by atoms with van der Waals surface area (Å²) in [6.45, 7) is 6.95. The van der Waals surface area contributed by atoms with Crippen LogP contribution in [-0.4, -0.2) is 148 Å². The molecule has 12 heteroatoms. The number of urea groups is 1. The number of methoxy groups -OCH3 is 1. The molecule has 3 aliphatic rings. The van der Waals surface area contributed by atoms with Gasteiger partial charge < -0.3 is 38.5 Å². The molecule has 0 aromatic heterocycles. The molecular weight excluding hydrogens is 578 g/mol.